The monoisotopic (exact) mass is 323 g/mol. The van der Waals surface area contributed by atoms with E-state index in [2.05, 4.69) is 4.98 Å². The van der Waals surface area contributed by atoms with Crippen LogP contribution in [0.4, 0.5) is 4.39 Å². The summed E-state index contributed by atoms with van der Waals surface area (Å²) in [5.41, 5.74) is 5.87. The highest BCUT2D eigenvalue weighted by molar-refractivity contribution is 7.09. The Morgan fingerprint density at radius 2 is 2.23 bits per heavy atom. The van der Waals surface area contributed by atoms with Gasteiger partial charge in [0.05, 0.1) is 11.6 Å². The molecule has 0 bridgehead atoms. The van der Waals surface area contributed by atoms with Gasteiger partial charge in [0.2, 0.25) is 0 Å². The maximum absolute atomic E-state index is 13.4. The van der Waals surface area contributed by atoms with Gasteiger partial charge in [-0.2, -0.15) is 0 Å². The second-order valence-corrected chi connectivity index (χ2v) is 5.61. The summed E-state index contributed by atoms with van der Waals surface area (Å²) in [4.78, 5) is 17.9. The van der Waals surface area contributed by atoms with Crippen molar-refractivity contribution in [2.24, 2.45) is 5.73 Å². The van der Waals surface area contributed by atoms with E-state index in [9.17, 15) is 9.18 Å². The summed E-state index contributed by atoms with van der Waals surface area (Å²) < 4.78 is 18.7. The Kier molecular flexibility index (Phi) is 5.85. The third-order valence-corrected chi connectivity index (χ3v) is 3.91. The second kappa shape index (κ2) is 7.86. The highest BCUT2D eigenvalue weighted by Crippen LogP contribution is 2.15. The number of carbonyl (C=O) groups is 1. The topological polar surface area (TPSA) is 68.5 Å². The van der Waals surface area contributed by atoms with Crippen molar-refractivity contribution in [2.75, 3.05) is 26.7 Å². The fraction of sp³-hybridized carbons (Fsp3) is 0.333. The lowest BCUT2D eigenvalue weighted by molar-refractivity contribution is 0.0767. The van der Waals surface area contributed by atoms with Crippen molar-refractivity contribution in [3.05, 3.63) is 46.2 Å². The van der Waals surface area contributed by atoms with Crippen molar-refractivity contribution in [3.8, 4) is 5.75 Å². The molecule has 1 aromatic heterocycles. The molecule has 118 valence electrons. The first kappa shape index (κ1) is 16.4. The first-order valence-corrected chi connectivity index (χ1v) is 7.77. The first-order chi connectivity index (χ1) is 10.6. The van der Waals surface area contributed by atoms with Gasteiger partial charge in [0.15, 0.2) is 11.6 Å². The van der Waals surface area contributed by atoms with Crippen LogP contribution in [0.1, 0.15) is 15.5 Å². The molecule has 7 heteroatoms. The minimum absolute atomic E-state index is 0.183. The van der Waals surface area contributed by atoms with Crippen molar-refractivity contribution in [1.82, 2.24) is 9.88 Å². The number of amides is 1. The number of benzene rings is 1. The van der Waals surface area contributed by atoms with E-state index in [1.54, 1.807) is 30.6 Å². The number of hydrogen-bond acceptors (Lipinski definition) is 5. The van der Waals surface area contributed by atoms with Gasteiger partial charge in [-0.3, -0.25) is 4.79 Å². The van der Waals surface area contributed by atoms with Crippen LogP contribution in [-0.2, 0) is 6.42 Å². The van der Waals surface area contributed by atoms with E-state index in [-0.39, 0.29) is 18.3 Å². The van der Waals surface area contributed by atoms with E-state index in [4.69, 9.17) is 10.5 Å². The number of nitrogens with two attached hydrogens (primary N) is 1. The third kappa shape index (κ3) is 4.25. The second-order valence-electron chi connectivity index (χ2n) is 4.67. The number of thiazole rings is 1. The molecule has 22 heavy (non-hydrogen) atoms. The molecule has 2 N–H and O–H groups in total. The minimum Gasteiger partial charge on any atom is -0.489 e. The molecule has 0 spiro atoms. The first-order valence-electron chi connectivity index (χ1n) is 6.89. The lowest BCUT2D eigenvalue weighted by Crippen LogP contribution is -2.31. The molecule has 5 nitrogen and oxygen atoms in total. The Hall–Kier alpha value is -1.99. The van der Waals surface area contributed by atoms with E-state index in [1.165, 1.54) is 22.3 Å². The van der Waals surface area contributed by atoms with Crippen LogP contribution in [0.2, 0.25) is 0 Å². The maximum atomic E-state index is 13.4. The molecule has 0 radical (unpaired) electrons. The predicted octanol–water partition coefficient (Wildman–Crippen LogP) is 1.93. The zero-order valence-corrected chi connectivity index (χ0v) is 13.1. The van der Waals surface area contributed by atoms with Crippen LogP contribution in [0, 0.1) is 5.82 Å². The molecular weight excluding hydrogens is 305 g/mol. The summed E-state index contributed by atoms with van der Waals surface area (Å²) in [6.45, 7) is 1.06. The Balaban J connectivity index is 1.84. The largest absolute Gasteiger partial charge is 0.489 e. The Morgan fingerprint density at radius 1 is 1.45 bits per heavy atom. The Bertz CT molecular complexity index is 633. The molecular formula is C15H18FN3O2S. The fourth-order valence-electron chi connectivity index (χ4n) is 1.80. The number of likely N-dealkylation sites (N-methyl/N-ethyl adjacent to an activating group) is 1. The van der Waals surface area contributed by atoms with E-state index in [1.807, 2.05) is 0 Å². The summed E-state index contributed by atoms with van der Waals surface area (Å²) >= 11 is 1.42. The minimum atomic E-state index is -0.414. The molecule has 1 heterocycles. The molecule has 2 rings (SSSR count). The number of halogens is 1. The number of aromatic nitrogens is 1. The van der Waals surface area contributed by atoms with Crippen LogP contribution < -0.4 is 10.5 Å². The van der Waals surface area contributed by atoms with Gasteiger partial charge in [-0.1, -0.05) is 12.1 Å². The Labute approximate surface area is 132 Å². The standard InChI is InChI=1S/C15H18FN3O2S/c1-19(8-9-21-13-5-3-2-4-11(13)16)15(20)12-10-22-14(18-12)6-7-17/h2-5,10H,6-9,17H2,1H3. The van der Waals surface area contributed by atoms with Gasteiger partial charge in [-0.15, -0.1) is 11.3 Å². The van der Waals surface area contributed by atoms with Gasteiger partial charge in [-0.25, -0.2) is 9.37 Å². The van der Waals surface area contributed by atoms with Gasteiger partial charge >= 0.3 is 0 Å². The van der Waals surface area contributed by atoms with Crippen molar-refractivity contribution in [2.45, 2.75) is 6.42 Å². The van der Waals surface area contributed by atoms with Gasteiger partial charge in [-0.05, 0) is 18.7 Å². The lowest BCUT2D eigenvalue weighted by Gasteiger charge is -2.16. The van der Waals surface area contributed by atoms with Crippen LogP contribution in [0.15, 0.2) is 29.6 Å². The normalized spacial score (nSPS) is 10.5. The van der Waals surface area contributed by atoms with Gasteiger partial charge in [0.1, 0.15) is 12.3 Å². The molecule has 0 aliphatic heterocycles. The summed E-state index contributed by atoms with van der Waals surface area (Å²) in [6, 6.07) is 6.18. The smallest absolute Gasteiger partial charge is 0.273 e. The van der Waals surface area contributed by atoms with Gasteiger partial charge in [0, 0.05) is 18.8 Å². The molecule has 0 saturated heterocycles. The summed E-state index contributed by atoms with van der Waals surface area (Å²) in [5, 5.41) is 2.57. The van der Waals surface area contributed by atoms with E-state index in [0.717, 1.165) is 5.01 Å². The van der Waals surface area contributed by atoms with E-state index >= 15 is 0 Å². The highest BCUT2D eigenvalue weighted by atomic mass is 32.1. The SMILES string of the molecule is CN(CCOc1ccccc1F)C(=O)c1csc(CCN)n1. The number of ether oxygens (including phenoxy) is 1. The van der Waals surface area contributed by atoms with Crippen LogP contribution in [0.3, 0.4) is 0 Å². The fourth-order valence-corrected chi connectivity index (χ4v) is 2.59. The number of para-hydroxylation sites is 1. The van der Waals surface area contributed by atoms with Crippen LogP contribution >= 0.6 is 11.3 Å². The van der Waals surface area contributed by atoms with Crippen LogP contribution in [0.25, 0.3) is 0 Å². The van der Waals surface area contributed by atoms with E-state index < -0.39 is 5.82 Å². The average molecular weight is 323 g/mol. The molecule has 1 aromatic carbocycles. The molecule has 0 aliphatic carbocycles. The molecule has 2 aromatic rings. The lowest BCUT2D eigenvalue weighted by atomic mass is 10.3. The number of carbonyl (C=O) groups excluding carboxylic acids is 1. The molecule has 0 atom stereocenters. The van der Waals surface area contributed by atoms with Crippen LogP contribution in [0.5, 0.6) is 5.75 Å². The summed E-state index contributed by atoms with van der Waals surface area (Å²) in [6.07, 6.45) is 0.665. The molecule has 0 unspecified atom stereocenters. The van der Waals surface area contributed by atoms with Gasteiger partial charge in [0.25, 0.3) is 5.91 Å². The quantitative estimate of drug-likeness (QED) is 0.845. The Morgan fingerprint density at radius 3 is 2.95 bits per heavy atom. The van der Waals surface area contributed by atoms with Crippen molar-refractivity contribution in [3.63, 3.8) is 0 Å². The van der Waals surface area contributed by atoms with Crippen molar-refractivity contribution >= 4 is 17.2 Å². The van der Waals surface area contributed by atoms with Crippen LogP contribution in [-0.4, -0.2) is 42.5 Å². The average Bonchev–Trinajstić information content (AvgIpc) is 2.97. The molecule has 1 amide bonds. The number of rotatable bonds is 7. The van der Waals surface area contributed by atoms with E-state index in [0.29, 0.717) is 25.2 Å². The van der Waals surface area contributed by atoms with Crippen molar-refractivity contribution in [1.29, 1.82) is 0 Å². The third-order valence-electron chi connectivity index (χ3n) is 3.00. The predicted molar refractivity (Wildman–Crippen MR) is 83.7 cm³/mol. The molecule has 0 fully saturated rings. The number of hydrogen-bond donors (Lipinski definition) is 1. The maximum Gasteiger partial charge on any atom is 0.273 e. The summed E-state index contributed by atoms with van der Waals surface area (Å²) in [7, 11) is 1.66. The zero-order valence-electron chi connectivity index (χ0n) is 12.3. The molecule has 0 saturated carbocycles. The molecule has 0 aliphatic rings. The number of nitrogens with zero attached hydrogens (tertiary/aromatic N) is 2. The van der Waals surface area contributed by atoms with Crippen molar-refractivity contribution < 1.29 is 13.9 Å². The zero-order chi connectivity index (χ0) is 15.9. The highest BCUT2D eigenvalue weighted by Gasteiger charge is 2.15. The summed E-state index contributed by atoms with van der Waals surface area (Å²) in [5.74, 6) is -0.415. The van der Waals surface area contributed by atoms with Gasteiger partial charge < -0.3 is 15.4 Å².